The minimum atomic E-state index is -1.07. The van der Waals surface area contributed by atoms with Gasteiger partial charge in [0.05, 0.1) is 28.4 Å². The van der Waals surface area contributed by atoms with Crippen LogP contribution in [0.4, 0.5) is 5.69 Å². The minimum Gasteiger partial charge on any atom is -0.507 e. The van der Waals surface area contributed by atoms with Gasteiger partial charge in [-0.2, -0.15) is 0 Å². The van der Waals surface area contributed by atoms with Gasteiger partial charge in [-0.15, -0.1) is 0 Å². The summed E-state index contributed by atoms with van der Waals surface area (Å²) in [5.74, 6) is -2.02. The first kappa shape index (κ1) is 21.0. The number of Topliss-reactive ketones (excluding diaryl/α,β-unsaturated/α-hetero) is 1. The van der Waals surface area contributed by atoms with Crippen LogP contribution < -0.4 is 0 Å². The Morgan fingerprint density at radius 2 is 1.78 bits per heavy atom. The topological polar surface area (TPSA) is 119 Å². The summed E-state index contributed by atoms with van der Waals surface area (Å²) in [6.07, 6.45) is 5.55. The number of rotatable bonds is 7. The van der Waals surface area contributed by atoms with Crippen molar-refractivity contribution in [3.8, 4) is 0 Å². The van der Waals surface area contributed by atoms with Crippen LogP contribution in [0.1, 0.15) is 23.6 Å². The SMILES string of the molecule is O=C1C(=O)N(CCCn2ccnc2)[C@@H](c2ccccc2[N+](=O)[O-])/C1=C(\O)c1ccccc1. The van der Waals surface area contributed by atoms with E-state index in [1.807, 2.05) is 4.57 Å². The molecule has 1 atom stereocenters. The molecule has 0 bridgehead atoms. The molecular weight excluding hydrogens is 412 g/mol. The fourth-order valence-corrected chi connectivity index (χ4v) is 3.91. The highest BCUT2D eigenvalue weighted by Crippen LogP contribution is 2.42. The maximum absolute atomic E-state index is 13.0. The Labute approximate surface area is 183 Å². The Morgan fingerprint density at radius 3 is 2.47 bits per heavy atom. The minimum absolute atomic E-state index is 0.155. The number of benzene rings is 2. The van der Waals surface area contributed by atoms with Gasteiger partial charge in [-0.05, 0) is 12.5 Å². The predicted octanol–water partition coefficient (Wildman–Crippen LogP) is 3.30. The second-order valence-corrected chi connectivity index (χ2v) is 7.33. The second kappa shape index (κ2) is 8.84. The third-order valence-electron chi connectivity index (χ3n) is 5.39. The number of para-hydroxylation sites is 1. The van der Waals surface area contributed by atoms with Crippen molar-refractivity contribution in [3.63, 3.8) is 0 Å². The average molecular weight is 432 g/mol. The molecule has 9 nitrogen and oxygen atoms in total. The van der Waals surface area contributed by atoms with Crippen LogP contribution in [0.3, 0.4) is 0 Å². The Morgan fingerprint density at radius 1 is 1.06 bits per heavy atom. The summed E-state index contributed by atoms with van der Waals surface area (Å²) in [5, 5.41) is 22.7. The molecule has 0 spiro atoms. The van der Waals surface area contributed by atoms with Gasteiger partial charge in [0.25, 0.3) is 17.4 Å². The number of aliphatic hydroxyl groups is 1. The molecule has 1 N–H and O–H groups in total. The van der Waals surface area contributed by atoms with Gasteiger partial charge in [-0.3, -0.25) is 19.7 Å². The van der Waals surface area contributed by atoms with Crippen LogP contribution >= 0.6 is 0 Å². The zero-order valence-corrected chi connectivity index (χ0v) is 17.0. The zero-order valence-electron chi connectivity index (χ0n) is 17.0. The number of aryl methyl sites for hydroxylation is 1. The third-order valence-corrected chi connectivity index (χ3v) is 5.39. The van der Waals surface area contributed by atoms with Crippen LogP contribution in [0.25, 0.3) is 5.76 Å². The smallest absolute Gasteiger partial charge is 0.295 e. The molecule has 9 heteroatoms. The lowest BCUT2D eigenvalue weighted by Gasteiger charge is -2.25. The van der Waals surface area contributed by atoms with Crippen LogP contribution in [-0.4, -0.2) is 42.7 Å². The van der Waals surface area contributed by atoms with E-state index >= 15 is 0 Å². The highest BCUT2D eigenvalue weighted by Gasteiger charge is 2.47. The number of aromatic nitrogens is 2. The van der Waals surface area contributed by atoms with Crippen molar-refractivity contribution in [2.75, 3.05) is 6.54 Å². The van der Waals surface area contributed by atoms with E-state index in [9.17, 15) is 24.8 Å². The molecule has 32 heavy (non-hydrogen) atoms. The number of imidazole rings is 1. The normalized spacial score (nSPS) is 17.6. The van der Waals surface area contributed by atoms with Crippen molar-refractivity contribution < 1.29 is 19.6 Å². The zero-order chi connectivity index (χ0) is 22.7. The summed E-state index contributed by atoms with van der Waals surface area (Å²) in [5.41, 5.74) is 0.153. The van der Waals surface area contributed by atoms with E-state index in [4.69, 9.17) is 0 Å². The Bertz CT molecular complexity index is 1190. The van der Waals surface area contributed by atoms with Crippen LogP contribution in [0.5, 0.6) is 0 Å². The number of aliphatic hydroxyl groups excluding tert-OH is 1. The monoisotopic (exact) mass is 432 g/mol. The van der Waals surface area contributed by atoms with Gasteiger partial charge < -0.3 is 14.6 Å². The highest BCUT2D eigenvalue weighted by atomic mass is 16.6. The number of hydrogen-bond acceptors (Lipinski definition) is 6. The summed E-state index contributed by atoms with van der Waals surface area (Å²) in [6.45, 7) is 0.719. The quantitative estimate of drug-likeness (QED) is 0.201. The fourth-order valence-electron chi connectivity index (χ4n) is 3.91. The summed E-state index contributed by atoms with van der Waals surface area (Å²) >= 11 is 0. The number of nitrogens with zero attached hydrogens (tertiary/aromatic N) is 4. The predicted molar refractivity (Wildman–Crippen MR) is 115 cm³/mol. The molecule has 1 aliphatic heterocycles. The van der Waals surface area contributed by atoms with Gasteiger partial charge in [0.2, 0.25) is 0 Å². The summed E-state index contributed by atoms with van der Waals surface area (Å²) in [4.78, 5) is 42.4. The Kier molecular flexibility index (Phi) is 5.80. The Balaban J connectivity index is 1.79. The number of amides is 1. The van der Waals surface area contributed by atoms with Crippen molar-refractivity contribution in [3.05, 3.63) is 100 Å². The van der Waals surface area contributed by atoms with E-state index in [1.165, 1.54) is 23.1 Å². The lowest BCUT2D eigenvalue weighted by molar-refractivity contribution is -0.385. The molecule has 1 aliphatic rings. The molecule has 0 radical (unpaired) electrons. The number of carbonyl (C=O) groups is 2. The molecule has 2 heterocycles. The van der Waals surface area contributed by atoms with E-state index in [2.05, 4.69) is 4.98 Å². The number of likely N-dealkylation sites (tertiary alicyclic amines) is 1. The first-order chi connectivity index (χ1) is 15.5. The lowest BCUT2D eigenvalue weighted by Crippen LogP contribution is -2.31. The molecule has 0 saturated carbocycles. The summed E-state index contributed by atoms with van der Waals surface area (Å²) in [6, 6.07) is 13.2. The van der Waals surface area contributed by atoms with E-state index in [1.54, 1.807) is 55.1 Å². The molecule has 1 saturated heterocycles. The molecule has 2 aromatic carbocycles. The number of nitro groups is 1. The molecule has 1 aromatic heterocycles. The molecule has 162 valence electrons. The largest absolute Gasteiger partial charge is 0.507 e. The first-order valence-electron chi connectivity index (χ1n) is 10.0. The average Bonchev–Trinajstić information content (AvgIpc) is 3.41. The van der Waals surface area contributed by atoms with Gasteiger partial charge in [0.1, 0.15) is 5.76 Å². The number of hydrogen-bond donors (Lipinski definition) is 1. The van der Waals surface area contributed by atoms with Crippen molar-refractivity contribution in [2.24, 2.45) is 0 Å². The van der Waals surface area contributed by atoms with Crippen molar-refractivity contribution in [1.82, 2.24) is 14.5 Å². The van der Waals surface area contributed by atoms with Gasteiger partial charge in [0.15, 0.2) is 0 Å². The standard InChI is InChI=1S/C23H20N4O5/c28-21(16-7-2-1-3-8-16)19-20(17-9-4-5-10-18(17)27(31)32)26(23(30)22(19)29)13-6-12-25-14-11-24-15-25/h1-5,7-11,14-15,20,28H,6,12-13H2/b21-19+/t20-/m0/s1. The molecule has 1 amide bonds. The fraction of sp³-hybridized carbons (Fsp3) is 0.174. The third kappa shape index (κ3) is 3.87. The molecule has 4 rings (SSSR count). The van der Waals surface area contributed by atoms with Gasteiger partial charge >= 0.3 is 0 Å². The van der Waals surface area contributed by atoms with Crippen molar-refractivity contribution in [1.29, 1.82) is 0 Å². The van der Waals surface area contributed by atoms with Crippen LogP contribution in [-0.2, 0) is 16.1 Å². The molecule has 3 aromatic rings. The van der Waals surface area contributed by atoms with Gasteiger partial charge in [-0.1, -0.05) is 42.5 Å². The summed E-state index contributed by atoms with van der Waals surface area (Å²) < 4.78 is 1.83. The first-order valence-corrected chi connectivity index (χ1v) is 10.0. The van der Waals surface area contributed by atoms with Crippen LogP contribution in [0.2, 0.25) is 0 Å². The molecule has 0 unspecified atom stereocenters. The second-order valence-electron chi connectivity index (χ2n) is 7.33. The molecular formula is C23H20N4O5. The highest BCUT2D eigenvalue weighted by molar-refractivity contribution is 6.46. The molecule has 1 fully saturated rings. The summed E-state index contributed by atoms with van der Waals surface area (Å²) in [7, 11) is 0. The van der Waals surface area contributed by atoms with Crippen molar-refractivity contribution >= 4 is 23.1 Å². The van der Waals surface area contributed by atoms with E-state index in [0.717, 1.165) is 0 Å². The van der Waals surface area contributed by atoms with Crippen LogP contribution in [0.15, 0.2) is 78.9 Å². The van der Waals surface area contributed by atoms with E-state index < -0.39 is 22.7 Å². The van der Waals surface area contributed by atoms with Crippen LogP contribution in [0, 0.1) is 10.1 Å². The Hall–Kier alpha value is -4.27. The number of carbonyl (C=O) groups excluding carboxylic acids is 2. The van der Waals surface area contributed by atoms with E-state index in [-0.39, 0.29) is 29.1 Å². The van der Waals surface area contributed by atoms with Crippen molar-refractivity contribution in [2.45, 2.75) is 19.0 Å². The van der Waals surface area contributed by atoms with Gasteiger partial charge in [0, 0.05) is 37.1 Å². The van der Waals surface area contributed by atoms with E-state index in [0.29, 0.717) is 18.5 Å². The molecule has 0 aliphatic carbocycles. The lowest BCUT2D eigenvalue weighted by atomic mass is 9.94. The van der Waals surface area contributed by atoms with Gasteiger partial charge in [-0.25, -0.2) is 4.98 Å². The maximum atomic E-state index is 13.0. The maximum Gasteiger partial charge on any atom is 0.295 e. The number of nitro benzene ring substituents is 1. The number of ketones is 1.